The molecule has 126 heavy (non-hydrogen) atoms. The van der Waals surface area contributed by atoms with Crippen LogP contribution in [0.5, 0.6) is 0 Å². The van der Waals surface area contributed by atoms with Crippen LogP contribution in [0.25, 0.3) is 88.6 Å². The molecule has 18 rings (SSSR count). The van der Waals surface area contributed by atoms with Crippen LogP contribution in [-0.2, 0) is 99.6 Å². The van der Waals surface area contributed by atoms with Crippen molar-refractivity contribution in [3.63, 3.8) is 0 Å². The summed E-state index contributed by atoms with van der Waals surface area (Å²) in [5.41, 5.74) is 17.1. The summed E-state index contributed by atoms with van der Waals surface area (Å²) in [6, 6.07) is 99.3. The fourth-order valence-electron chi connectivity index (χ4n) is 12.2. The van der Waals surface area contributed by atoms with Crippen LogP contribution in [0.15, 0.2) is 347 Å². The van der Waals surface area contributed by atoms with Crippen molar-refractivity contribution in [1.29, 1.82) is 0 Å². The Morgan fingerprint density at radius 2 is 0.690 bits per heavy atom. The number of hydrogen-bond acceptors (Lipinski definition) is 24. The van der Waals surface area contributed by atoms with Crippen molar-refractivity contribution in [2.75, 3.05) is 23.1 Å². The number of carbonyl (C=O) groups is 4. The van der Waals surface area contributed by atoms with E-state index in [-0.39, 0.29) is 127 Å². The van der Waals surface area contributed by atoms with Gasteiger partial charge in [-0.15, -0.1) is 118 Å². The minimum Gasteiger partial charge on any atom is -0.512 e. The van der Waals surface area contributed by atoms with Gasteiger partial charge in [0, 0.05) is 164 Å². The Kier molecular flexibility index (Phi) is 40.5. The molecule has 2 aliphatic heterocycles. The van der Waals surface area contributed by atoms with E-state index >= 15 is 0 Å². The number of rotatable bonds is 14. The van der Waals surface area contributed by atoms with Crippen LogP contribution in [0, 0.1) is 24.3 Å². The van der Waals surface area contributed by atoms with Gasteiger partial charge in [0.15, 0.2) is 23.1 Å². The molecular weight excluding hydrogens is 2330 g/mol. The minimum absolute atomic E-state index is 0. The van der Waals surface area contributed by atoms with Gasteiger partial charge >= 0.3 is 0 Å². The molecular formula is C98H82Ir4N14O8S2-4. The molecule has 0 spiro atoms. The number of aromatic nitrogens is 8. The third-order valence-corrected chi connectivity index (χ3v) is 18.4. The number of benzene rings is 10. The summed E-state index contributed by atoms with van der Waals surface area (Å²) in [6.45, 7) is 12.4. The molecule has 0 unspecified atom stereocenters. The van der Waals surface area contributed by atoms with E-state index in [4.69, 9.17) is 20.4 Å². The standard InChI is InChI=1S/C24H17N4.C23H15N4S.C16H10N3.C15H8N3S.4C5H8O2.4Ir/c1-3-7-19(8-4-1)28(20-9-5-2-6-10-20)21-13-11-18(12-14-21)23-24-22(15-16-25-23)26-17-27-24;1-3-7-18(8-4-1)27(19-9-5-2-6-10-19)20-13-11-17(12-14-20)22-23-21(15-16-24-22)25-28-26-23;1-2-4-12-7-13(6-5-11(12)3-1)14-8-15-16(9-17-14)19-10-18-15;1-2-4-11-7-12(6-5-10(11)3-1)13-8-14-15(9-16-13)18-19-17-14;4*1-4(6)3-5(2)7;;;;/h1-11,13-16H,17H2;1-11,13-16H;1-5,7-9H,10H2;1-5,7-9H;4*3,6H,1-2H3;;;;/q4*-1;;;;;;;;. The maximum absolute atomic E-state index is 10.0. The summed E-state index contributed by atoms with van der Waals surface area (Å²) in [7, 11) is 0. The van der Waals surface area contributed by atoms with Crippen molar-refractivity contribution in [3.8, 4) is 45.0 Å². The summed E-state index contributed by atoms with van der Waals surface area (Å²) >= 11 is 2.41. The number of hydrogen-bond donors (Lipinski definition) is 4. The first-order valence-corrected chi connectivity index (χ1v) is 39.6. The van der Waals surface area contributed by atoms with Crippen LogP contribution in [0.4, 0.5) is 34.1 Å². The van der Waals surface area contributed by atoms with Crippen LogP contribution >= 0.6 is 23.5 Å². The summed E-state index contributed by atoms with van der Waals surface area (Å²) in [6.07, 6.45) is 11.8. The SMILES string of the molecule is CC(=O)C=C(C)O.CC(=O)C=C(C)O.CC(=O)C=C(C)O.CC(=O)C=C(C)O.[Ir].[Ir].[Ir].[Ir].[c-]1cc(N(c2ccccc2)c2ccccc2)ccc1-c1nccc2c1=NCN=2.[c-]1cc(N(c2ccccc2)c2ccccc2)ccc1-c1nccc2nsnc12.[c-]1cc2ccccc2cc1-c1cc2c(cn1)=NCN=2.[c-]1cc2ccccc2cc1-c1cc2nsnc2cn1. The minimum atomic E-state index is -0.125. The number of anilines is 6. The molecule has 0 fully saturated rings. The number of pyridine rings is 4. The normalized spacial score (nSPS) is 11.2. The van der Waals surface area contributed by atoms with Crippen molar-refractivity contribution in [1.82, 2.24) is 37.4 Å². The van der Waals surface area contributed by atoms with E-state index in [9.17, 15) is 19.2 Å². The Hall–Kier alpha value is -12.8. The third-order valence-electron chi connectivity index (χ3n) is 17.3. The number of carbonyl (C=O) groups excluding carboxylic acids is 4. The predicted molar refractivity (Wildman–Crippen MR) is 483 cm³/mol. The molecule has 0 atom stereocenters. The quantitative estimate of drug-likeness (QED) is 0.0446. The second kappa shape index (κ2) is 50.8. The van der Waals surface area contributed by atoms with E-state index in [2.05, 4.69) is 189 Å². The van der Waals surface area contributed by atoms with Gasteiger partial charge in [-0.25, -0.2) is 0 Å². The molecule has 644 valence electrons. The Labute approximate surface area is 791 Å². The number of para-hydroxylation sites is 4. The smallest absolute Gasteiger partial charge is 0.155 e. The van der Waals surface area contributed by atoms with Gasteiger partial charge in [-0.1, -0.05) is 138 Å². The fraction of sp³-hybridized carbons (Fsp3) is 0.102. The second-order valence-corrected chi connectivity index (χ2v) is 28.1. The topological polar surface area (TPSA) is 308 Å². The van der Waals surface area contributed by atoms with E-state index < -0.39 is 0 Å². The van der Waals surface area contributed by atoms with Crippen molar-refractivity contribution in [2.45, 2.75) is 55.4 Å². The molecule has 28 heteroatoms. The third kappa shape index (κ3) is 29.7. The Morgan fingerprint density at radius 1 is 0.325 bits per heavy atom. The van der Waals surface area contributed by atoms with Gasteiger partial charge in [0.25, 0.3) is 0 Å². The maximum atomic E-state index is 10.0. The van der Waals surface area contributed by atoms with Gasteiger partial charge in [0.05, 0.1) is 79.1 Å². The van der Waals surface area contributed by atoms with Gasteiger partial charge in [-0.05, 0) is 145 Å². The van der Waals surface area contributed by atoms with Crippen molar-refractivity contribution in [3.05, 3.63) is 373 Å². The zero-order chi connectivity index (χ0) is 86.3. The van der Waals surface area contributed by atoms with Crippen molar-refractivity contribution in [2.24, 2.45) is 20.0 Å². The first-order chi connectivity index (χ1) is 59.1. The Balaban J connectivity index is 0.000000209. The largest absolute Gasteiger partial charge is 0.512 e. The monoisotopic (exact) mass is 2420 g/mol. The summed E-state index contributed by atoms with van der Waals surface area (Å²) < 4.78 is 17.1. The Bertz CT molecular complexity index is 6530. The fourth-order valence-corrected chi connectivity index (χ4v) is 13.2. The van der Waals surface area contributed by atoms with E-state index in [0.717, 1.165) is 123 Å². The zero-order valence-electron chi connectivity index (χ0n) is 69.1. The molecule has 4 radical (unpaired) electrons. The molecule has 8 heterocycles. The van der Waals surface area contributed by atoms with Gasteiger partial charge in [-0.3, -0.25) is 39.1 Å². The van der Waals surface area contributed by atoms with Gasteiger partial charge in [-0.2, -0.15) is 17.5 Å². The molecule has 16 aromatic rings. The van der Waals surface area contributed by atoms with Gasteiger partial charge < -0.3 is 50.2 Å². The summed E-state index contributed by atoms with van der Waals surface area (Å²) in [5, 5.41) is 41.8. The van der Waals surface area contributed by atoms with Crippen LogP contribution in [-0.4, -0.2) is 94.3 Å². The molecule has 10 aromatic carbocycles. The number of aliphatic hydroxyl groups is 4. The molecule has 0 amide bonds. The molecule has 4 N–H and O–H groups in total. The second-order valence-electron chi connectivity index (χ2n) is 27.1. The number of fused-ring (bicyclic) bond motifs is 6. The van der Waals surface area contributed by atoms with Crippen molar-refractivity contribution >= 4 is 124 Å². The Morgan fingerprint density at radius 3 is 1.13 bits per heavy atom. The molecule has 22 nitrogen and oxygen atoms in total. The number of allylic oxidation sites excluding steroid dienone is 8. The van der Waals surface area contributed by atoms with Crippen molar-refractivity contribution < 1.29 is 120 Å². The molecule has 0 saturated carbocycles. The van der Waals surface area contributed by atoms with Gasteiger partial charge in [0.1, 0.15) is 24.2 Å². The summed E-state index contributed by atoms with van der Waals surface area (Å²) in [4.78, 5) is 79.8. The molecule has 0 bridgehead atoms. The van der Waals surface area contributed by atoms with Crippen LogP contribution in [0.3, 0.4) is 0 Å². The van der Waals surface area contributed by atoms with E-state index in [0.29, 0.717) is 13.3 Å². The molecule has 2 aliphatic rings. The van der Waals surface area contributed by atoms with Crippen LogP contribution < -0.4 is 31.2 Å². The zero-order valence-corrected chi connectivity index (χ0v) is 80.3. The van der Waals surface area contributed by atoms with Crippen LogP contribution in [0.1, 0.15) is 55.4 Å². The maximum Gasteiger partial charge on any atom is 0.155 e. The summed E-state index contributed by atoms with van der Waals surface area (Å²) in [5.74, 6) is -0.250. The van der Waals surface area contributed by atoms with E-state index in [1.54, 1.807) is 24.8 Å². The average molecular weight is 2420 g/mol. The number of ketones is 4. The van der Waals surface area contributed by atoms with Gasteiger partial charge in [0.2, 0.25) is 0 Å². The first-order valence-electron chi connectivity index (χ1n) is 38.1. The van der Waals surface area contributed by atoms with E-state index in [1.165, 1.54) is 125 Å². The van der Waals surface area contributed by atoms with E-state index in [1.807, 2.05) is 158 Å². The van der Waals surface area contributed by atoms with Crippen LogP contribution in [0.2, 0.25) is 0 Å². The predicted octanol–water partition coefficient (Wildman–Crippen LogP) is 20.0. The molecule has 0 saturated heterocycles. The molecule has 0 aliphatic carbocycles. The molecule has 6 aromatic heterocycles. The number of aliphatic hydroxyl groups excluding tert-OH is 4. The average Bonchev–Trinajstić information content (AvgIpc) is 0.894. The first kappa shape index (κ1) is 100. The number of nitrogens with zero attached hydrogens (tertiary/aromatic N) is 14.